The Balaban J connectivity index is 2.08. The molecule has 0 bridgehead atoms. The number of ether oxygens (including phenoxy) is 3. The van der Waals surface area contributed by atoms with Gasteiger partial charge in [-0.15, -0.1) is 11.8 Å². The van der Waals surface area contributed by atoms with Crippen LogP contribution in [-0.4, -0.2) is 64.2 Å². The average molecular weight is 523 g/mol. The summed E-state index contributed by atoms with van der Waals surface area (Å²) in [6.45, 7) is 13.9. The van der Waals surface area contributed by atoms with E-state index in [4.69, 9.17) is 14.2 Å². The van der Waals surface area contributed by atoms with E-state index in [0.29, 0.717) is 30.8 Å². The van der Waals surface area contributed by atoms with Crippen LogP contribution in [0.5, 0.6) is 0 Å². The monoisotopic (exact) mass is 522 g/mol. The van der Waals surface area contributed by atoms with E-state index in [1.807, 2.05) is 16.2 Å². The number of amides is 2. The van der Waals surface area contributed by atoms with Gasteiger partial charge in [-0.05, 0) is 78.8 Å². The van der Waals surface area contributed by atoms with E-state index in [1.165, 1.54) is 18.9 Å². The van der Waals surface area contributed by atoms with Crippen LogP contribution >= 0.6 is 11.8 Å². The van der Waals surface area contributed by atoms with Crippen LogP contribution in [0.3, 0.4) is 0 Å². The molecule has 2 atom stereocenters. The molecule has 0 aromatic carbocycles. The van der Waals surface area contributed by atoms with E-state index < -0.39 is 28.8 Å². The molecule has 10 nitrogen and oxygen atoms in total. The first-order chi connectivity index (χ1) is 16.7. The number of carbonyl (C=O) groups is 3. The highest BCUT2D eigenvalue weighted by Crippen LogP contribution is 2.56. The Labute approximate surface area is 217 Å². The van der Waals surface area contributed by atoms with Crippen LogP contribution in [0.15, 0.2) is 29.1 Å². The summed E-state index contributed by atoms with van der Waals surface area (Å²) in [6.07, 6.45) is 5.27. The predicted octanol–water partition coefficient (Wildman–Crippen LogP) is 5.13. The molecule has 1 fully saturated rings. The molecule has 1 aliphatic rings. The van der Waals surface area contributed by atoms with E-state index in [9.17, 15) is 14.4 Å². The number of imide groups is 1. The van der Waals surface area contributed by atoms with Crippen LogP contribution in [0, 0.1) is 5.92 Å². The van der Waals surface area contributed by atoms with Gasteiger partial charge in [0.25, 0.3) is 0 Å². The third kappa shape index (κ3) is 8.11. The van der Waals surface area contributed by atoms with Gasteiger partial charge in [0.15, 0.2) is 0 Å². The number of aromatic nitrogens is 2. The Morgan fingerprint density at radius 2 is 1.83 bits per heavy atom. The summed E-state index contributed by atoms with van der Waals surface area (Å²) in [4.78, 5) is 47.3. The normalized spacial score (nSPS) is 19.6. The Bertz CT molecular complexity index is 950. The van der Waals surface area contributed by atoms with Gasteiger partial charge in [-0.3, -0.25) is 9.79 Å². The maximum Gasteiger partial charge on any atom is 0.419 e. The zero-order chi connectivity index (χ0) is 27.1. The van der Waals surface area contributed by atoms with Crippen LogP contribution in [0.1, 0.15) is 66.5 Å². The molecule has 36 heavy (non-hydrogen) atoms. The van der Waals surface area contributed by atoms with E-state index in [-0.39, 0.29) is 18.4 Å². The zero-order valence-corrected chi connectivity index (χ0v) is 23.1. The highest BCUT2D eigenvalue weighted by atomic mass is 32.2. The van der Waals surface area contributed by atoms with Crippen LogP contribution < -0.4 is 0 Å². The van der Waals surface area contributed by atoms with Crippen molar-refractivity contribution < 1.29 is 28.6 Å². The lowest BCUT2D eigenvalue weighted by molar-refractivity contribution is -0.144. The van der Waals surface area contributed by atoms with Gasteiger partial charge in [0.1, 0.15) is 16.6 Å². The zero-order valence-electron chi connectivity index (χ0n) is 22.3. The second-order valence-electron chi connectivity index (χ2n) is 10.7. The Morgan fingerprint density at radius 1 is 1.22 bits per heavy atom. The van der Waals surface area contributed by atoms with Gasteiger partial charge in [0, 0.05) is 18.9 Å². The number of methoxy groups -OCH3 is 1. The van der Waals surface area contributed by atoms with E-state index in [1.54, 1.807) is 54.1 Å². The number of hydrogen-bond donors (Lipinski definition) is 0. The number of nitrogens with zero attached hydrogens (tertiary/aromatic N) is 4. The second kappa shape index (κ2) is 11.9. The molecular formula is C25H38N4O6S. The molecule has 0 spiro atoms. The largest absolute Gasteiger partial charge is 0.468 e. The molecule has 0 aliphatic heterocycles. The van der Waals surface area contributed by atoms with Crippen molar-refractivity contribution in [2.24, 2.45) is 10.9 Å². The number of esters is 1. The minimum Gasteiger partial charge on any atom is -0.468 e. The predicted molar refractivity (Wildman–Crippen MR) is 139 cm³/mol. The summed E-state index contributed by atoms with van der Waals surface area (Å²) in [7, 11) is 1.37. The topological polar surface area (TPSA) is 112 Å². The van der Waals surface area contributed by atoms with Gasteiger partial charge in [-0.2, -0.15) is 0 Å². The fourth-order valence-corrected chi connectivity index (χ4v) is 4.36. The molecule has 0 N–H and O–H groups in total. The van der Waals surface area contributed by atoms with Gasteiger partial charge >= 0.3 is 18.2 Å². The van der Waals surface area contributed by atoms with Crippen molar-refractivity contribution in [3.8, 4) is 0 Å². The molecule has 1 aromatic rings. The van der Waals surface area contributed by atoms with Crippen LogP contribution in [0.2, 0.25) is 0 Å². The number of aliphatic imine (C=N–C) groups is 1. The smallest absolute Gasteiger partial charge is 0.419 e. The number of rotatable bonds is 10. The lowest BCUT2D eigenvalue weighted by Crippen LogP contribution is -2.44. The van der Waals surface area contributed by atoms with Gasteiger partial charge in [-0.25, -0.2) is 19.5 Å². The first-order valence-corrected chi connectivity index (χ1v) is 12.8. The molecule has 0 radical (unpaired) electrons. The molecule has 1 heterocycles. The first-order valence-electron chi connectivity index (χ1n) is 11.8. The molecule has 1 aliphatic carbocycles. The third-order valence-electron chi connectivity index (χ3n) is 5.39. The van der Waals surface area contributed by atoms with Gasteiger partial charge in [-0.1, -0.05) is 0 Å². The molecule has 11 heteroatoms. The lowest BCUT2D eigenvalue weighted by atomic mass is 9.97. The minimum absolute atomic E-state index is 0.0232. The molecule has 0 saturated heterocycles. The fraction of sp³-hybridized carbons (Fsp3) is 0.640. The van der Waals surface area contributed by atoms with Crippen LogP contribution in [0.25, 0.3) is 0 Å². The maximum atomic E-state index is 12.8. The van der Waals surface area contributed by atoms with Crippen LogP contribution in [0.4, 0.5) is 9.59 Å². The van der Waals surface area contributed by atoms with Gasteiger partial charge < -0.3 is 18.8 Å². The first kappa shape index (κ1) is 29.4. The Morgan fingerprint density at radius 3 is 2.36 bits per heavy atom. The fourth-order valence-electron chi connectivity index (χ4n) is 3.79. The van der Waals surface area contributed by atoms with Crippen molar-refractivity contribution in [2.75, 3.05) is 13.7 Å². The molecule has 2 amide bonds. The average Bonchev–Trinajstić information content (AvgIpc) is 3.28. The van der Waals surface area contributed by atoms with E-state index in [2.05, 4.69) is 16.7 Å². The number of hydrogen-bond acceptors (Lipinski definition) is 9. The number of thioether (sulfide) groups is 1. The van der Waals surface area contributed by atoms with Crippen molar-refractivity contribution in [2.45, 2.75) is 83.3 Å². The van der Waals surface area contributed by atoms with Crippen molar-refractivity contribution >= 4 is 36.6 Å². The summed E-state index contributed by atoms with van der Waals surface area (Å²) in [5.41, 5.74) is -1.69. The Hall–Kier alpha value is -2.82. The molecule has 2 unspecified atom stereocenters. The summed E-state index contributed by atoms with van der Waals surface area (Å²) < 4.78 is 17.8. The van der Waals surface area contributed by atoms with E-state index >= 15 is 0 Å². The molecule has 1 aromatic heterocycles. The second-order valence-corrected chi connectivity index (χ2v) is 11.5. The SMILES string of the molecule is C=N/C=C\SCn1cnc(C2(C(=O)OC)CC2CCCN(C(=O)OC(C)(C)C)C(=O)OC(C)(C)C)c1. The summed E-state index contributed by atoms with van der Waals surface area (Å²) >= 11 is 1.52. The highest BCUT2D eigenvalue weighted by Gasteiger charge is 2.63. The minimum atomic E-state index is -0.828. The van der Waals surface area contributed by atoms with Gasteiger partial charge in [0.2, 0.25) is 0 Å². The van der Waals surface area contributed by atoms with Crippen molar-refractivity contribution in [3.63, 3.8) is 0 Å². The standard InChI is InChI=1S/C25H38N4O6S/c1-23(2,3)34-21(31)29(22(32)35-24(4,5)6)12-9-10-18-14-25(18,20(30)33-8)19-15-28(16-27-19)17-36-13-11-26-7/h11,13,15-16,18H,7,9-10,12,14,17H2,1-6,8H3/b13-11-. The quantitative estimate of drug-likeness (QED) is 0.236. The summed E-state index contributed by atoms with van der Waals surface area (Å²) in [5, 5.41) is 1.82. The number of carbonyl (C=O) groups excluding carboxylic acids is 3. The molecular weight excluding hydrogens is 484 g/mol. The third-order valence-corrected chi connectivity index (χ3v) is 6.15. The van der Waals surface area contributed by atoms with E-state index in [0.717, 1.165) is 4.90 Å². The van der Waals surface area contributed by atoms with Crippen molar-refractivity contribution in [1.82, 2.24) is 14.5 Å². The van der Waals surface area contributed by atoms with Gasteiger partial charge in [0.05, 0.1) is 25.0 Å². The molecule has 2 rings (SSSR count). The highest BCUT2D eigenvalue weighted by molar-refractivity contribution is 8.01. The summed E-state index contributed by atoms with van der Waals surface area (Å²) in [5.74, 6) is 0.254. The summed E-state index contributed by atoms with van der Waals surface area (Å²) in [6, 6.07) is 0. The van der Waals surface area contributed by atoms with Crippen molar-refractivity contribution in [1.29, 1.82) is 0 Å². The lowest BCUT2D eigenvalue weighted by Gasteiger charge is -2.28. The Kier molecular flexibility index (Phi) is 9.76. The van der Waals surface area contributed by atoms with Crippen LogP contribution in [-0.2, 0) is 30.3 Å². The number of imidazole rings is 1. The van der Waals surface area contributed by atoms with Crippen molar-refractivity contribution in [3.05, 3.63) is 29.8 Å². The molecule has 1 saturated carbocycles. The maximum absolute atomic E-state index is 12.8. The molecule has 200 valence electrons.